The summed E-state index contributed by atoms with van der Waals surface area (Å²) in [7, 11) is 10.3. The summed E-state index contributed by atoms with van der Waals surface area (Å²) >= 11 is 0. The molecule has 25 aromatic rings. The third kappa shape index (κ3) is 13.1. The van der Waals surface area contributed by atoms with Gasteiger partial charge in [0.15, 0.2) is 42.2 Å². The van der Waals surface area contributed by atoms with E-state index >= 15 is 0 Å². The van der Waals surface area contributed by atoms with Crippen molar-refractivity contribution in [3.63, 3.8) is 0 Å². The first-order valence-electron chi connectivity index (χ1n) is 41.9. The molecule has 0 amide bonds. The standard InChI is InChI=1S/5C22H17N2O/c1-14-8-9-16-21-15-6-5-12-23-17(15)10-11-19(21)25-22(16)20(14)18-7-3-4-13-24(18)2;1-14-10-11-16-21-15-7-3-4-8-17(15)23-13-19(21)25-22(16)20(14)18-9-5-6-12-24(18)2;1-14-10-11-17-20-16-8-4-3-7-15(16)13-23-22(20)25-21(17)19(14)18-9-5-6-12-24(18)2;1-14-6-8-17-21-16-10-11-23-13-15(16)7-9-19(21)25-22(17)20(14)18-5-3-4-12-24(18)2;1-14-6-8-16-21-17-13-23-11-10-15(17)7-9-19(21)25-22(16)20(14)18-5-3-4-12-24(18)2/h5*3-13H,1-2H3/q5*+1. The maximum atomic E-state index is 6.35. The topological polar surface area (TPSA) is 150 Å². The maximum absolute atomic E-state index is 6.35. The van der Waals surface area contributed by atoms with Crippen LogP contribution in [0.1, 0.15) is 27.8 Å². The number of aromatic nitrogens is 10. The van der Waals surface area contributed by atoms with Crippen LogP contribution in [0.25, 0.3) is 220 Å². The lowest BCUT2D eigenvalue weighted by Crippen LogP contribution is -2.30. The van der Waals surface area contributed by atoms with Gasteiger partial charge in [-0.1, -0.05) is 115 Å². The van der Waals surface area contributed by atoms with E-state index in [-0.39, 0.29) is 0 Å². The highest BCUT2D eigenvalue weighted by Gasteiger charge is 2.28. The van der Waals surface area contributed by atoms with Gasteiger partial charge in [-0.25, -0.2) is 27.8 Å². The Morgan fingerprint density at radius 3 is 1.06 bits per heavy atom. The summed E-state index contributed by atoms with van der Waals surface area (Å²) in [6.07, 6.45) is 23.4. The van der Waals surface area contributed by atoms with E-state index in [4.69, 9.17) is 22.1 Å². The average molecular weight is 1630 g/mol. The normalized spacial score (nSPS) is 11.6. The van der Waals surface area contributed by atoms with Crippen molar-refractivity contribution in [1.29, 1.82) is 0 Å². The molecule has 0 N–H and O–H groups in total. The molecule has 15 aromatic heterocycles. The van der Waals surface area contributed by atoms with E-state index in [2.05, 4.69) is 331 Å². The molecule has 125 heavy (non-hydrogen) atoms. The number of rotatable bonds is 5. The smallest absolute Gasteiger partial charge is 0.227 e. The van der Waals surface area contributed by atoms with Gasteiger partial charge < -0.3 is 22.1 Å². The summed E-state index contributed by atoms with van der Waals surface area (Å²) < 4.78 is 42.3. The minimum absolute atomic E-state index is 0.694. The van der Waals surface area contributed by atoms with Gasteiger partial charge in [-0.3, -0.25) is 19.9 Å². The maximum Gasteiger partial charge on any atom is 0.227 e. The zero-order chi connectivity index (χ0) is 84.8. The van der Waals surface area contributed by atoms with Crippen molar-refractivity contribution in [2.75, 3.05) is 0 Å². The predicted octanol–water partition coefficient (Wildman–Crippen LogP) is 24.7. The number of para-hydroxylation sites is 1. The first-order valence-corrected chi connectivity index (χ1v) is 41.9. The van der Waals surface area contributed by atoms with Gasteiger partial charge in [0, 0.05) is 173 Å². The number of nitrogens with zero attached hydrogens (tertiary/aromatic N) is 10. The van der Waals surface area contributed by atoms with E-state index in [0.29, 0.717) is 5.71 Å². The van der Waals surface area contributed by atoms with Crippen LogP contribution in [0, 0.1) is 34.6 Å². The van der Waals surface area contributed by atoms with E-state index < -0.39 is 0 Å². The van der Waals surface area contributed by atoms with Crippen LogP contribution in [-0.4, -0.2) is 24.9 Å². The minimum atomic E-state index is 0.694. The molecule has 0 spiro atoms. The molecule has 15 nitrogen and oxygen atoms in total. The third-order valence-electron chi connectivity index (χ3n) is 24.6. The van der Waals surface area contributed by atoms with E-state index in [9.17, 15) is 0 Å². The summed E-state index contributed by atoms with van der Waals surface area (Å²) in [4.78, 5) is 22.1. The van der Waals surface area contributed by atoms with E-state index in [1.165, 1.54) is 44.0 Å². The SMILES string of the molecule is Cc1ccc2c(oc3ccc4ccncc4c32)c1-c1cccc[n+]1C.Cc1ccc2c(oc3ccc4cnccc4c32)c1-c1cccc[n+]1C.Cc1ccc2c(oc3ccc4ncccc4c32)c1-c1cccc[n+]1C.Cc1ccc2c(oc3cnc4ccccc4c32)c1-c1cccc[n+]1C.Cc1ccc2c(oc3ncc4ccccc4c32)c1-c1cccc[n+]1C. The van der Waals surface area contributed by atoms with E-state index in [1.807, 2.05) is 122 Å². The Morgan fingerprint density at radius 2 is 0.568 bits per heavy atom. The average Bonchev–Trinajstić information content (AvgIpc) is 1.62. The molecule has 0 unspecified atom stereocenters. The molecule has 0 aliphatic heterocycles. The van der Waals surface area contributed by atoms with Crippen LogP contribution in [0.3, 0.4) is 0 Å². The molecule has 0 aliphatic carbocycles. The summed E-state index contributed by atoms with van der Waals surface area (Å²) in [5, 5.41) is 20.5. The highest BCUT2D eigenvalue weighted by Crippen LogP contribution is 2.46. The number of benzene rings is 10. The molecule has 0 atom stereocenters. The number of furan rings is 5. The Hall–Kier alpha value is -16.0. The quantitative estimate of drug-likeness (QED) is 0.152. The molecule has 0 saturated carbocycles. The summed E-state index contributed by atoms with van der Waals surface area (Å²) in [6, 6.07) is 89.9. The molecule has 15 heteroatoms. The fourth-order valence-electron chi connectivity index (χ4n) is 18.4. The zero-order valence-corrected chi connectivity index (χ0v) is 70.8. The largest absolute Gasteiger partial charge is 0.455 e. The monoisotopic (exact) mass is 1630 g/mol. The molecule has 0 fully saturated rings. The zero-order valence-electron chi connectivity index (χ0n) is 70.8. The molecular formula is C110H85N10O5+5. The molecule has 15 heterocycles. The highest BCUT2D eigenvalue weighted by molar-refractivity contribution is 6.25. The Labute approximate surface area is 718 Å². The van der Waals surface area contributed by atoms with Crippen LogP contribution >= 0.6 is 0 Å². The molecule has 0 aliphatic rings. The lowest BCUT2D eigenvalue weighted by molar-refractivity contribution is -0.660. The Bertz CT molecular complexity index is 7500. The Kier molecular flexibility index (Phi) is 19.1. The molecular weight excluding hydrogens is 1540 g/mol. The highest BCUT2D eigenvalue weighted by atomic mass is 16.3. The summed E-state index contributed by atoms with van der Waals surface area (Å²) in [6.45, 7) is 10.7. The van der Waals surface area contributed by atoms with Crippen molar-refractivity contribution in [3.8, 4) is 56.3 Å². The first-order chi connectivity index (χ1) is 61.2. The molecule has 600 valence electrons. The number of fused-ring (bicyclic) bond motifs is 25. The lowest BCUT2D eigenvalue weighted by atomic mass is 9.99. The number of aryl methyl sites for hydroxylation is 10. The second kappa shape index (κ2) is 31.2. The van der Waals surface area contributed by atoms with Gasteiger partial charge in [0.1, 0.15) is 74.3 Å². The minimum Gasteiger partial charge on any atom is -0.455 e. The van der Waals surface area contributed by atoms with Crippen LogP contribution in [0.5, 0.6) is 0 Å². The van der Waals surface area contributed by atoms with Gasteiger partial charge in [-0.2, -0.15) is 0 Å². The van der Waals surface area contributed by atoms with Crippen LogP contribution < -0.4 is 22.8 Å². The van der Waals surface area contributed by atoms with Crippen LogP contribution in [-0.2, 0) is 35.2 Å². The van der Waals surface area contributed by atoms with Crippen molar-refractivity contribution in [1.82, 2.24) is 24.9 Å². The van der Waals surface area contributed by atoms with Gasteiger partial charge in [0.25, 0.3) is 0 Å². The number of pyridine rings is 10. The fraction of sp³-hybridized carbons (Fsp3) is 0.0909. The molecule has 0 radical (unpaired) electrons. The Balaban J connectivity index is 0.0000000956. The number of hydrogen-bond donors (Lipinski definition) is 0. The molecule has 0 saturated heterocycles. The molecule has 10 aromatic carbocycles. The molecule has 25 rings (SSSR count). The van der Waals surface area contributed by atoms with Gasteiger partial charge >= 0.3 is 0 Å². The third-order valence-corrected chi connectivity index (χ3v) is 24.6. The second-order valence-electron chi connectivity index (χ2n) is 32.3. The summed E-state index contributed by atoms with van der Waals surface area (Å²) in [5.41, 5.74) is 28.3. The second-order valence-corrected chi connectivity index (χ2v) is 32.3. The van der Waals surface area contributed by atoms with Gasteiger partial charge in [0.05, 0.1) is 50.4 Å². The predicted molar refractivity (Wildman–Crippen MR) is 502 cm³/mol. The van der Waals surface area contributed by atoms with E-state index in [1.54, 1.807) is 0 Å². The first kappa shape index (κ1) is 76.4. The van der Waals surface area contributed by atoms with Gasteiger partial charge in [-0.05, 0) is 164 Å². The van der Waals surface area contributed by atoms with Crippen molar-refractivity contribution in [2.24, 2.45) is 35.2 Å². The van der Waals surface area contributed by atoms with Crippen molar-refractivity contribution < 1.29 is 44.9 Å². The lowest BCUT2D eigenvalue weighted by Gasteiger charge is -2.05. The van der Waals surface area contributed by atoms with Crippen molar-refractivity contribution >= 4 is 164 Å². The Morgan fingerprint density at radius 1 is 0.216 bits per heavy atom. The van der Waals surface area contributed by atoms with Crippen LogP contribution in [0.2, 0.25) is 0 Å². The number of hydrogen-bond acceptors (Lipinski definition) is 10. The van der Waals surface area contributed by atoms with Crippen LogP contribution in [0.4, 0.5) is 0 Å². The fourth-order valence-corrected chi connectivity index (χ4v) is 18.4. The van der Waals surface area contributed by atoms with Gasteiger partial charge in [0.2, 0.25) is 34.2 Å². The van der Waals surface area contributed by atoms with Crippen molar-refractivity contribution in [3.05, 3.63) is 363 Å². The van der Waals surface area contributed by atoms with E-state index in [0.717, 1.165) is 198 Å². The molecule has 0 bridgehead atoms. The van der Waals surface area contributed by atoms with Crippen LogP contribution in [0.15, 0.2) is 357 Å². The van der Waals surface area contributed by atoms with Crippen molar-refractivity contribution in [2.45, 2.75) is 34.6 Å². The van der Waals surface area contributed by atoms with Gasteiger partial charge in [-0.15, -0.1) is 0 Å². The summed E-state index contributed by atoms with van der Waals surface area (Å²) in [5.74, 6) is 0.